The summed E-state index contributed by atoms with van der Waals surface area (Å²) in [7, 11) is -4.17. The molecule has 0 saturated carbocycles. The monoisotopic (exact) mass is 638 g/mol. The van der Waals surface area contributed by atoms with Crippen LogP contribution in [0.5, 0.6) is 0 Å². The molecule has 8 heteroatoms. The van der Waals surface area contributed by atoms with Gasteiger partial charge < -0.3 is 10.6 Å². The van der Waals surface area contributed by atoms with Crippen LogP contribution in [0.1, 0.15) is 64.9 Å². The van der Waals surface area contributed by atoms with Crippen molar-refractivity contribution >= 4 is 33.7 Å². The van der Waals surface area contributed by atoms with E-state index in [0.29, 0.717) is 17.7 Å². The SMILES string of the molecule is Cc1ccc(-c2ccc(NC(=O)C(Cc3ccc(C(=O)NCCS(=O)(=O)O)cc3)c3ccc(/C=C/C(C)(C)C)cc3)cc2)c(C)c1. The minimum Gasteiger partial charge on any atom is -0.351 e. The molecule has 0 aliphatic carbocycles. The van der Waals surface area contributed by atoms with Gasteiger partial charge in [-0.2, -0.15) is 8.42 Å². The molecular formula is C38H42N2O5S. The zero-order valence-corrected chi connectivity index (χ0v) is 27.8. The van der Waals surface area contributed by atoms with E-state index >= 15 is 0 Å². The van der Waals surface area contributed by atoms with Gasteiger partial charge in [0.1, 0.15) is 0 Å². The Bertz CT molecular complexity index is 1800. The summed E-state index contributed by atoms with van der Waals surface area (Å²) in [6, 6.07) is 29.1. The number of carbonyl (C=O) groups excluding carboxylic acids is 2. The summed E-state index contributed by atoms with van der Waals surface area (Å²) in [4.78, 5) is 26.3. The van der Waals surface area contributed by atoms with Gasteiger partial charge in [0.25, 0.3) is 16.0 Å². The van der Waals surface area contributed by atoms with Crippen molar-refractivity contribution in [2.24, 2.45) is 5.41 Å². The number of allylic oxidation sites excluding steroid dienone is 1. The molecule has 0 aromatic heterocycles. The van der Waals surface area contributed by atoms with Gasteiger partial charge in [0.05, 0.1) is 11.7 Å². The van der Waals surface area contributed by atoms with Crippen molar-refractivity contribution in [3.05, 3.63) is 130 Å². The summed E-state index contributed by atoms with van der Waals surface area (Å²) in [5.41, 5.74) is 8.50. The molecule has 3 N–H and O–H groups in total. The average Bonchev–Trinajstić information content (AvgIpc) is 2.99. The third-order valence-electron chi connectivity index (χ3n) is 7.58. The number of aryl methyl sites for hydroxylation is 2. The van der Waals surface area contributed by atoms with Gasteiger partial charge in [0.15, 0.2) is 0 Å². The highest BCUT2D eigenvalue weighted by Crippen LogP contribution is 2.28. The Labute approximate surface area is 272 Å². The summed E-state index contributed by atoms with van der Waals surface area (Å²) in [5.74, 6) is -1.67. The highest BCUT2D eigenvalue weighted by atomic mass is 32.2. The van der Waals surface area contributed by atoms with Crippen LogP contribution in [-0.4, -0.2) is 37.1 Å². The second-order valence-corrected chi connectivity index (χ2v) is 14.3. The molecule has 0 heterocycles. The molecular weight excluding hydrogens is 596 g/mol. The number of hydrogen-bond acceptors (Lipinski definition) is 4. The molecule has 240 valence electrons. The number of rotatable bonds is 11. The molecule has 0 spiro atoms. The van der Waals surface area contributed by atoms with Crippen LogP contribution in [0.2, 0.25) is 0 Å². The molecule has 1 unspecified atom stereocenters. The Morgan fingerprint density at radius 1 is 0.870 bits per heavy atom. The van der Waals surface area contributed by atoms with E-state index in [-0.39, 0.29) is 17.9 Å². The summed E-state index contributed by atoms with van der Waals surface area (Å²) in [6.07, 6.45) is 4.62. The predicted molar refractivity (Wildman–Crippen MR) is 187 cm³/mol. The number of benzene rings is 4. The summed E-state index contributed by atoms with van der Waals surface area (Å²) >= 11 is 0. The Kier molecular flexibility index (Phi) is 11.0. The van der Waals surface area contributed by atoms with Gasteiger partial charge in [-0.25, -0.2) is 0 Å². The van der Waals surface area contributed by atoms with Crippen molar-refractivity contribution < 1.29 is 22.6 Å². The van der Waals surface area contributed by atoms with Gasteiger partial charge in [-0.3, -0.25) is 14.1 Å². The highest BCUT2D eigenvalue weighted by Gasteiger charge is 2.22. The van der Waals surface area contributed by atoms with E-state index in [0.717, 1.165) is 27.8 Å². The molecule has 4 aromatic carbocycles. The quantitative estimate of drug-likeness (QED) is 0.146. The van der Waals surface area contributed by atoms with Crippen molar-refractivity contribution in [1.29, 1.82) is 0 Å². The van der Waals surface area contributed by atoms with Crippen molar-refractivity contribution in [1.82, 2.24) is 5.32 Å². The van der Waals surface area contributed by atoms with Gasteiger partial charge in [0.2, 0.25) is 5.91 Å². The van der Waals surface area contributed by atoms with Crippen molar-refractivity contribution in [2.75, 3.05) is 17.6 Å². The molecule has 4 rings (SSSR count). The lowest BCUT2D eigenvalue weighted by molar-refractivity contribution is -0.117. The smallest absolute Gasteiger partial charge is 0.266 e. The maximum absolute atomic E-state index is 13.8. The van der Waals surface area contributed by atoms with Gasteiger partial charge in [-0.15, -0.1) is 0 Å². The number of hydrogen-bond donors (Lipinski definition) is 3. The lowest BCUT2D eigenvalue weighted by Gasteiger charge is -2.19. The van der Waals surface area contributed by atoms with E-state index < -0.39 is 27.7 Å². The van der Waals surface area contributed by atoms with E-state index in [1.807, 2.05) is 48.5 Å². The first-order valence-electron chi connectivity index (χ1n) is 15.3. The summed E-state index contributed by atoms with van der Waals surface area (Å²) in [6.45, 7) is 10.4. The van der Waals surface area contributed by atoms with Crippen LogP contribution in [0.15, 0.2) is 97.1 Å². The first kappa shape index (κ1) is 34.3. The van der Waals surface area contributed by atoms with E-state index in [1.54, 1.807) is 24.3 Å². The van der Waals surface area contributed by atoms with Crippen LogP contribution < -0.4 is 10.6 Å². The van der Waals surface area contributed by atoms with Gasteiger partial charge in [0, 0.05) is 17.8 Å². The minimum atomic E-state index is -4.17. The minimum absolute atomic E-state index is 0.0500. The number of carbonyl (C=O) groups is 2. The maximum atomic E-state index is 13.8. The fraction of sp³-hybridized carbons (Fsp3) is 0.263. The topological polar surface area (TPSA) is 113 Å². The molecule has 0 fully saturated rings. The van der Waals surface area contributed by atoms with Crippen LogP contribution in [0.3, 0.4) is 0 Å². The third-order valence-corrected chi connectivity index (χ3v) is 8.30. The maximum Gasteiger partial charge on any atom is 0.266 e. The summed E-state index contributed by atoms with van der Waals surface area (Å²) < 4.78 is 30.8. The van der Waals surface area contributed by atoms with Gasteiger partial charge >= 0.3 is 0 Å². The zero-order chi connectivity index (χ0) is 33.5. The van der Waals surface area contributed by atoms with E-state index in [1.165, 1.54) is 11.1 Å². The largest absolute Gasteiger partial charge is 0.351 e. The van der Waals surface area contributed by atoms with Gasteiger partial charge in [-0.1, -0.05) is 105 Å². The standard InChI is InChI=1S/C38H42N2O5S/c1-26-6-19-34(27(2)24-26)30-15-17-33(18-16-30)40-37(42)35(31-11-7-28(8-12-31)20-21-38(3,4)5)25-29-9-13-32(14-10-29)36(41)39-22-23-46(43,44)45/h6-21,24,35H,22-23,25H2,1-5H3,(H,39,41)(H,40,42)(H,43,44,45)/b21-20+. The first-order valence-corrected chi connectivity index (χ1v) is 16.9. The third kappa shape index (κ3) is 10.3. The predicted octanol–water partition coefficient (Wildman–Crippen LogP) is 7.61. The van der Waals surface area contributed by atoms with Crippen LogP contribution in [-0.2, 0) is 21.3 Å². The molecule has 7 nitrogen and oxygen atoms in total. The van der Waals surface area contributed by atoms with E-state index in [2.05, 4.69) is 75.6 Å². The second kappa shape index (κ2) is 14.7. The molecule has 0 radical (unpaired) electrons. The van der Waals surface area contributed by atoms with Crippen molar-refractivity contribution in [2.45, 2.75) is 47.0 Å². The van der Waals surface area contributed by atoms with Gasteiger partial charge in [-0.05, 0) is 83.3 Å². The lowest BCUT2D eigenvalue weighted by atomic mass is 9.89. The molecule has 0 aliphatic rings. The highest BCUT2D eigenvalue weighted by molar-refractivity contribution is 7.85. The molecule has 1 atom stereocenters. The fourth-order valence-electron chi connectivity index (χ4n) is 5.07. The lowest BCUT2D eigenvalue weighted by Crippen LogP contribution is -2.28. The van der Waals surface area contributed by atoms with Crippen LogP contribution >= 0.6 is 0 Å². The zero-order valence-electron chi connectivity index (χ0n) is 27.0. The first-order chi connectivity index (χ1) is 21.7. The molecule has 2 amide bonds. The molecule has 0 aliphatic heterocycles. The Morgan fingerprint density at radius 3 is 2.11 bits per heavy atom. The van der Waals surface area contributed by atoms with Crippen LogP contribution in [0, 0.1) is 19.3 Å². The van der Waals surface area contributed by atoms with Crippen molar-refractivity contribution in [3.8, 4) is 11.1 Å². The summed E-state index contributed by atoms with van der Waals surface area (Å²) in [5, 5.41) is 5.59. The molecule has 4 aromatic rings. The normalized spacial score (nSPS) is 12.6. The Balaban J connectivity index is 1.54. The van der Waals surface area contributed by atoms with Crippen LogP contribution in [0.25, 0.3) is 17.2 Å². The Hall–Kier alpha value is -4.53. The molecule has 46 heavy (non-hydrogen) atoms. The van der Waals surface area contributed by atoms with Crippen molar-refractivity contribution in [3.63, 3.8) is 0 Å². The number of nitrogens with one attached hydrogen (secondary N) is 2. The number of anilines is 1. The fourth-order valence-corrected chi connectivity index (χ4v) is 5.43. The number of amides is 2. The van der Waals surface area contributed by atoms with Crippen LogP contribution in [0.4, 0.5) is 5.69 Å². The van der Waals surface area contributed by atoms with E-state index in [9.17, 15) is 18.0 Å². The average molecular weight is 639 g/mol. The Morgan fingerprint density at radius 2 is 1.52 bits per heavy atom. The second-order valence-electron chi connectivity index (χ2n) is 12.7. The molecule has 0 bridgehead atoms. The molecule has 0 saturated heterocycles. The van der Waals surface area contributed by atoms with E-state index in [4.69, 9.17) is 4.55 Å².